The Hall–Kier alpha value is -2.94. The fourth-order valence-electron chi connectivity index (χ4n) is 2.99. The van der Waals surface area contributed by atoms with Gasteiger partial charge < -0.3 is 4.42 Å². The molecule has 9 heteroatoms. The second kappa shape index (κ2) is 9.28. The Labute approximate surface area is 198 Å². The van der Waals surface area contributed by atoms with Crippen molar-refractivity contribution in [3.8, 4) is 0 Å². The van der Waals surface area contributed by atoms with Crippen LogP contribution >= 0.6 is 27.5 Å². The zero-order valence-corrected chi connectivity index (χ0v) is 19.6. The SMILES string of the molecule is O=C(c1ccc(S(=O)(=O)c2ccc(Br)cc2)o1)N(Cc1ccc(Cl)cc1)c1ccccn1. The molecule has 1 amide bonds. The van der Waals surface area contributed by atoms with Gasteiger partial charge in [0.1, 0.15) is 5.82 Å². The molecule has 0 aliphatic rings. The molecule has 0 saturated carbocycles. The molecule has 0 fully saturated rings. The molecule has 2 heterocycles. The predicted octanol–water partition coefficient (Wildman–Crippen LogP) is 5.77. The number of hydrogen-bond acceptors (Lipinski definition) is 5. The lowest BCUT2D eigenvalue weighted by Gasteiger charge is -2.20. The van der Waals surface area contributed by atoms with Crippen molar-refractivity contribution in [2.45, 2.75) is 16.5 Å². The van der Waals surface area contributed by atoms with E-state index in [0.717, 1.165) is 10.0 Å². The molecular weight excluding hydrogens is 516 g/mol. The Kier molecular flexibility index (Phi) is 6.45. The molecule has 0 unspecified atom stereocenters. The third-order valence-electron chi connectivity index (χ3n) is 4.61. The lowest BCUT2D eigenvalue weighted by atomic mass is 10.2. The number of aromatic nitrogens is 1. The summed E-state index contributed by atoms with van der Waals surface area (Å²) in [4.78, 5) is 19.0. The van der Waals surface area contributed by atoms with Crippen LogP contribution < -0.4 is 4.90 Å². The summed E-state index contributed by atoms with van der Waals surface area (Å²) < 4.78 is 32.0. The molecule has 0 aliphatic heterocycles. The smallest absolute Gasteiger partial charge is 0.295 e. The number of benzene rings is 2. The van der Waals surface area contributed by atoms with Crippen molar-refractivity contribution in [2.24, 2.45) is 0 Å². The molecule has 2 aromatic carbocycles. The van der Waals surface area contributed by atoms with Crippen LogP contribution in [0.2, 0.25) is 5.02 Å². The number of rotatable bonds is 6. The average Bonchev–Trinajstić information content (AvgIpc) is 3.30. The first-order valence-corrected chi connectivity index (χ1v) is 12.1. The summed E-state index contributed by atoms with van der Waals surface area (Å²) in [6, 6.07) is 21.1. The van der Waals surface area contributed by atoms with Crippen LogP contribution in [0.15, 0.2) is 104 Å². The Balaban J connectivity index is 1.66. The molecule has 2 aromatic heterocycles. The summed E-state index contributed by atoms with van der Waals surface area (Å²) in [6.07, 6.45) is 1.57. The standard InChI is InChI=1S/C23H16BrClN2O4S/c24-17-6-10-19(11-7-17)32(29,30)22-13-12-20(31-22)23(28)27(21-3-1-2-14-26-21)15-16-4-8-18(25)9-5-16/h1-14H,15H2. The minimum Gasteiger partial charge on any atom is -0.439 e. The van der Waals surface area contributed by atoms with Crippen LogP contribution in [0, 0.1) is 0 Å². The van der Waals surface area contributed by atoms with E-state index in [9.17, 15) is 13.2 Å². The van der Waals surface area contributed by atoms with E-state index < -0.39 is 15.7 Å². The topological polar surface area (TPSA) is 80.5 Å². The highest BCUT2D eigenvalue weighted by atomic mass is 79.9. The molecule has 0 spiro atoms. The van der Waals surface area contributed by atoms with Crippen molar-refractivity contribution in [1.29, 1.82) is 0 Å². The van der Waals surface area contributed by atoms with Gasteiger partial charge in [-0.15, -0.1) is 0 Å². The van der Waals surface area contributed by atoms with Gasteiger partial charge in [-0.2, -0.15) is 0 Å². The second-order valence-corrected chi connectivity index (χ2v) is 10.0. The van der Waals surface area contributed by atoms with E-state index in [0.29, 0.717) is 10.8 Å². The van der Waals surface area contributed by atoms with E-state index in [1.165, 1.54) is 29.2 Å². The Bertz CT molecular complexity index is 1340. The van der Waals surface area contributed by atoms with Gasteiger partial charge in [-0.05, 0) is 66.2 Å². The maximum Gasteiger partial charge on any atom is 0.295 e. The van der Waals surface area contributed by atoms with Crippen molar-refractivity contribution < 1.29 is 17.6 Å². The molecule has 0 aliphatic carbocycles. The minimum absolute atomic E-state index is 0.0665. The van der Waals surface area contributed by atoms with Gasteiger partial charge in [0.05, 0.1) is 11.4 Å². The first kappa shape index (κ1) is 22.3. The molecule has 6 nitrogen and oxygen atoms in total. The van der Waals surface area contributed by atoms with Crippen LogP contribution in [-0.2, 0) is 16.4 Å². The number of nitrogens with zero attached hydrogens (tertiary/aromatic N) is 2. The monoisotopic (exact) mass is 530 g/mol. The molecule has 162 valence electrons. The van der Waals surface area contributed by atoms with Crippen LogP contribution in [0.5, 0.6) is 0 Å². The third kappa shape index (κ3) is 4.77. The molecule has 4 rings (SSSR count). The van der Waals surface area contributed by atoms with Crippen molar-refractivity contribution in [3.05, 3.63) is 106 Å². The van der Waals surface area contributed by atoms with E-state index in [1.807, 2.05) is 0 Å². The second-order valence-electron chi connectivity index (χ2n) is 6.78. The zero-order valence-electron chi connectivity index (χ0n) is 16.5. The molecule has 0 saturated heterocycles. The van der Waals surface area contributed by atoms with E-state index in [4.69, 9.17) is 16.0 Å². The third-order valence-corrected chi connectivity index (χ3v) is 7.03. The Morgan fingerprint density at radius 1 is 0.969 bits per heavy atom. The number of pyridine rings is 1. The van der Waals surface area contributed by atoms with Crippen molar-refractivity contribution in [1.82, 2.24) is 4.98 Å². The van der Waals surface area contributed by atoms with Crippen molar-refractivity contribution in [2.75, 3.05) is 4.90 Å². The molecule has 4 aromatic rings. The van der Waals surface area contributed by atoms with Gasteiger partial charge >= 0.3 is 0 Å². The summed E-state index contributed by atoms with van der Waals surface area (Å²) in [6.45, 7) is 0.197. The first-order valence-electron chi connectivity index (χ1n) is 9.42. The molecule has 0 bridgehead atoms. The number of anilines is 1. The molecule has 0 N–H and O–H groups in total. The number of sulfone groups is 1. The van der Waals surface area contributed by atoms with Gasteiger partial charge in [-0.3, -0.25) is 9.69 Å². The predicted molar refractivity (Wildman–Crippen MR) is 125 cm³/mol. The van der Waals surface area contributed by atoms with Gasteiger partial charge in [-0.25, -0.2) is 13.4 Å². The van der Waals surface area contributed by atoms with Gasteiger partial charge in [-0.1, -0.05) is 45.7 Å². The van der Waals surface area contributed by atoms with E-state index in [1.54, 1.807) is 60.8 Å². The summed E-state index contributed by atoms with van der Waals surface area (Å²) in [5.41, 5.74) is 0.822. The van der Waals surface area contributed by atoms with Gasteiger partial charge in [0.25, 0.3) is 5.91 Å². The normalized spacial score (nSPS) is 11.3. The minimum atomic E-state index is -3.91. The number of furan rings is 1. The Morgan fingerprint density at radius 2 is 1.69 bits per heavy atom. The lowest BCUT2D eigenvalue weighted by molar-refractivity contribution is 0.0952. The Morgan fingerprint density at radius 3 is 2.34 bits per heavy atom. The largest absolute Gasteiger partial charge is 0.439 e. The maximum atomic E-state index is 13.3. The number of halogens is 2. The van der Waals surface area contributed by atoms with Gasteiger partial charge in [0, 0.05) is 15.7 Å². The van der Waals surface area contributed by atoms with Crippen molar-refractivity contribution >= 4 is 49.1 Å². The van der Waals surface area contributed by atoms with Crippen LogP contribution in [0.4, 0.5) is 5.82 Å². The molecule has 32 heavy (non-hydrogen) atoms. The summed E-state index contributed by atoms with van der Waals surface area (Å²) in [5, 5.41) is 0.272. The summed E-state index contributed by atoms with van der Waals surface area (Å²) in [5.74, 6) is -0.225. The van der Waals surface area contributed by atoms with Crippen LogP contribution in [0.3, 0.4) is 0 Å². The maximum absolute atomic E-state index is 13.3. The van der Waals surface area contributed by atoms with Gasteiger partial charge in [0.15, 0.2) is 5.76 Å². The quantitative estimate of drug-likeness (QED) is 0.315. The van der Waals surface area contributed by atoms with Crippen LogP contribution in [-0.4, -0.2) is 19.3 Å². The highest BCUT2D eigenvalue weighted by Crippen LogP contribution is 2.26. The number of carbonyl (C=O) groups is 1. The molecule has 0 atom stereocenters. The number of amides is 1. The lowest BCUT2D eigenvalue weighted by Crippen LogP contribution is -2.30. The van der Waals surface area contributed by atoms with Crippen LogP contribution in [0.25, 0.3) is 0 Å². The zero-order chi connectivity index (χ0) is 22.7. The van der Waals surface area contributed by atoms with Crippen molar-refractivity contribution in [3.63, 3.8) is 0 Å². The highest BCUT2D eigenvalue weighted by Gasteiger charge is 2.27. The highest BCUT2D eigenvalue weighted by molar-refractivity contribution is 9.10. The van der Waals surface area contributed by atoms with E-state index in [2.05, 4.69) is 20.9 Å². The number of hydrogen-bond donors (Lipinski definition) is 0. The summed E-state index contributed by atoms with van der Waals surface area (Å²) in [7, 11) is -3.91. The van der Waals surface area contributed by atoms with Gasteiger partial charge in [0.2, 0.25) is 14.9 Å². The first-order chi connectivity index (χ1) is 15.3. The number of carbonyl (C=O) groups excluding carboxylic acids is 1. The van der Waals surface area contributed by atoms with Crippen LogP contribution in [0.1, 0.15) is 16.1 Å². The molecule has 0 radical (unpaired) electrons. The molecular formula is C23H16BrClN2O4S. The summed E-state index contributed by atoms with van der Waals surface area (Å²) >= 11 is 9.24. The average molecular weight is 532 g/mol. The fourth-order valence-corrected chi connectivity index (χ4v) is 4.55. The van der Waals surface area contributed by atoms with E-state index >= 15 is 0 Å². The fraction of sp³-hybridized carbons (Fsp3) is 0.0435. The van der Waals surface area contributed by atoms with E-state index in [-0.39, 0.29) is 22.3 Å².